The van der Waals surface area contributed by atoms with Crippen molar-refractivity contribution in [3.8, 4) is 22.3 Å². The lowest BCUT2D eigenvalue weighted by Crippen LogP contribution is -2.09. The summed E-state index contributed by atoms with van der Waals surface area (Å²) in [6.07, 6.45) is 1.87. The van der Waals surface area contributed by atoms with Crippen LogP contribution in [0, 0.1) is 0 Å². The molecule has 0 heterocycles. The van der Waals surface area contributed by atoms with Crippen molar-refractivity contribution in [2.75, 3.05) is 4.90 Å². The number of hydrogen-bond acceptors (Lipinski definition) is 1. The van der Waals surface area contributed by atoms with Gasteiger partial charge in [0, 0.05) is 17.1 Å². The standard InChI is InChI=1S/C32H25N/c1-2-25-13-19-30(20-14-25)33(31-21-15-28(16-22-31)26-9-5-3-6-10-26)32-23-17-29(18-24-32)27-11-7-4-8-12-27/h2-24H,1H2. The SMILES string of the molecule is C=Cc1ccc(N(c2ccc(-c3ccccc3)cc2)c2ccc(-c3ccccc3)cc2)cc1. The van der Waals surface area contributed by atoms with Crippen molar-refractivity contribution in [3.05, 3.63) is 146 Å². The van der Waals surface area contributed by atoms with Gasteiger partial charge < -0.3 is 4.90 Å². The van der Waals surface area contributed by atoms with Crippen LogP contribution in [-0.4, -0.2) is 0 Å². The first-order valence-electron chi connectivity index (χ1n) is 11.2. The third-order valence-electron chi connectivity index (χ3n) is 5.85. The van der Waals surface area contributed by atoms with Crippen molar-refractivity contribution in [1.82, 2.24) is 0 Å². The van der Waals surface area contributed by atoms with E-state index in [1.807, 2.05) is 18.2 Å². The Bertz CT molecular complexity index is 1240. The topological polar surface area (TPSA) is 3.24 Å². The number of benzene rings is 5. The van der Waals surface area contributed by atoms with E-state index >= 15 is 0 Å². The van der Waals surface area contributed by atoms with E-state index < -0.39 is 0 Å². The minimum absolute atomic E-state index is 1.11. The Morgan fingerprint density at radius 3 is 1.09 bits per heavy atom. The molecule has 0 amide bonds. The molecule has 158 valence electrons. The van der Waals surface area contributed by atoms with Gasteiger partial charge in [0.15, 0.2) is 0 Å². The van der Waals surface area contributed by atoms with E-state index in [1.165, 1.54) is 22.3 Å². The highest BCUT2D eigenvalue weighted by Crippen LogP contribution is 2.36. The summed E-state index contributed by atoms with van der Waals surface area (Å²) >= 11 is 0. The third-order valence-corrected chi connectivity index (χ3v) is 5.85. The molecule has 5 rings (SSSR count). The summed E-state index contributed by atoms with van der Waals surface area (Å²) in [5, 5.41) is 0. The van der Waals surface area contributed by atoms with E-state index in [0.29, 0.717) is 0 Å². The van der Waals surface area contributed by atoms with E-state index in [4.69, 9.17) is 0 Å². The Morgan fingerprint density at radius 1 is 0.394 bits per heavy atom. The van der Waals surface area contributed by atoms with E-state index in [0.717, 1.165) is 22.6 Å². The first-order valence-corrected chi connectivity index (χ1v) is 11.2. The molecule has 0 unspecified atom stereocenters. The molecule has 0 radical (unpaired) electrons. The lowest BCUT2D eigenvalue weighted by atomic mass is 10.0. The van der Waals surface area contributed by atoms with Gasteiger partial charge >= 0.3 is 0 Å². The predicted octanol–water partition coefficient (Wildman–Crippen LogP) is 9.13. The fraction of sp³-hybridized carbons (Fsp3) is 0. The fourth-order valence-electron chi connectivity index (χ4n) is 4.07. The van der Waals surface area contributed by atoms with Gasteiger partial charge in [-0.15, -0.1) is 0 Å². The molecule has 0 saturated carbocycles. The number of nitrogens with zero attached hydrogens (tertiary/aromatic N) is 1. The molecule has 0 N–H and O–H groups in total. The van der Waals surface area contributed by atoms with Crippen molar-refractivity contribution >= 4 is 23.1 Å². The summed E-state index contributed by atoms with van der Waals surface area (Å²) in [6, 6.07) is 47.0. The molecular weight excluding hydrogens is 398 g/mol. The zero-order chi connectivity index (χ0) is 22.5. The molecule has 0 aliphatic carbocycles. The highest BCUT2D eigenvalue weighted by Gasteiger charge is 2.13. The largest absolute Gasteiger partial charge is 0.311 e. The van der Waals surface area contributed by atoms with E-state index in [-0.39, 0.29) is 0 Å². The minimum Gasteiger partial charge on any atom is -0.311 e. The maximum atomic E-state index is 3.89. The summed E-state index contributed by atoms with van der Waals surface area (Å²) in [7, 11) is 0. The van der Waals surface area contributed by atoms with Gasteiger partial charge in [0.05, 0.1) is 0 Å². The number of rotatable bonds is 6. The second-order valence-electron chi connectivity index (χ2n) is 7.96. The smallest absolute Gasteiger partial charge is 0.0462 e. The molecule has 0 fully saturated rings. The van der Waals surface area contributed by atoms with E-state index in [1.54, 1.807) is 0 Å². The van der Waals surface area contributed by atoms with Gasteiger partial charge in [0.2, 0.25) is 0 Å². The number of hydrogen-bond donors (Lipinski definition) is 0. The molecule has 0 saturated heterocycles. The molecule has 0 bridgehead atoms. The average molecular weight is 424 g/mol. The molecular formula is C32H25N. The molecule has 0 spiro atoms. The highest BCUT2D eigenvalue weighted by molar-refractivity contribution is 5.80. The first-order chi connectivity index (χ1) is 16.3. The Balaban J connectivity index is 1.54. The predicted molar refractivity (Wildman–Crippen MR) is 142 cm³/mol. The Hall–Kier alpha value is -4.36. The van der Waals surface area contributed by atoms with Crippen LogP contribution in [0.4, 0.5) is 17.1 Å². The van der Waals surface area contributed by atoms with Crippen molar-refractivity contribution in [3.63, 3.8) is 0 Å². The van der Waals surface area contributed by atoms with Gasteiger partial charge in [-0.2, -0.15) is 0 Å². The van der Waals surface area contributed by atoms with Gasteiger partial charge in [-0.1, -0.05) is 110 Å². The molecule has 0 aliphatic heterocycles. The van der Waals surface area contributed by atoms with Crippen LogP contribution >= 0.6 is 0 Å². The molecule has 1 heteroatoms. The van der Waals surface area contributed by atoms with Gasteiger partial charge in [-0.25, -0.2) is 0 Å². The van der Waals surface area contributed by atoms with Crippen molar-refractivity contribution in [2.45, 2.75) is 0 Å². The van der Waals surface area contributed by atoms with Crippen LogP contribution < -0.4 is 4.90 Å². The Kier molecular flexibility index (Phi) is 5.86. The quantitative estimate of drug-likeness (QED) is 0.263. The molecule has 0 atom stereocenters. The van der Waals surface area contributed by atoms with Gasteiger partial charge in [-0.05, 0) is 64.2 Å². The third kappa shape index (κ3) is 4.49. The monoisotopic (exact) mass is 423 g/mol. The Morgan fingerprint density at radius 2 is 0.727 bits per heavy atom. The minimum atomic E-state index is 1.11. The molecule has 0 aliphatic rings. The van der Waals surface area contributed by atoms with Crippen LogP contribution in [0.1, 0.15) is 5.56 Å². The van der Waals surface area contributed by atoms with Crippen LogP contribution in [0.3, 0.4) is 0 Å². The molecule has 5 aromatic rings. The molecule has 33 heavy (non-hydrogen) atoms. The fourth-order valence-corrected chi connectivity index (χ4v) is 4.07. The van der Waals surface area contributed by atoms with Crippen LogP contribution in [0.25, 0.3) is 28.3 Å². The second-order valence-corrected chi connectivity index (χ2v) is 7.96. The summed E-state index contributed by atoms with van der Waals surface area (Å²) in [4.78, 5) is 2.29. The average Bonchev–Trinajstić information content (AvgIpc) is 2.91. The first kappa shape index (κ1) is 20.5. The van der Waals surface area contributed by atoms with E-state index in [9.17, 15) is 0 Å². The summed E-state index contributed by atoms with van der Waals surface area (Å²) < 4.78 is 0. The van der Waals surface area contributed by atoms with Crippen molar-refractivity contribution < 1.29 is 0 Å². The molecule has 1 nitrogen and oxygen atoms in total. The van der Waals surface area contributed by atoms with Crippen molar-refractivity contribution in [2.24, 2.45) is 0 Å². The van der Waals surface area contributed by atoms with Crippen LogP contribution in [0.2, 0.25) is 0 Å². The highest BCUT2D eigenvalue weighted by atomic mass is 15.1. The lowest BCUT2D eigenvalue weighted by molar-refractivity contribution is 1.28. The number of anilines is 3. The maximum Gasteiger partial charge on any atom is 0.0462 e. The van der Waals surface area contributed by atoms with Gasteiger partial charge in [-0.3, -0.25) is 0 Å². The summed E-state index contributed by atoms with van der Waals surface area (Å²) in [5.41, 5.74) is 9.32. The van der Waals surface area contributed by atoms with Gasteiger partial charge in [0.1, 0.15) is 0 Å². The van der Waals surface area contributed by atoms with E-state index in [2.05, 4.69) is 133 Å². The van der Waals surface area contributed by atoms with Gasteiger partial charge in [0.25, 0.3) is 0 Å². The van der Waals surface area contributed by atoms with Crippen molar-refractivity contribution in [1.29, 1.82) is 0 Å². The maximum absolute atomic E-state index is 3.89. The Labute approximate surface area is 195 Å². The molecule has 0 aromatic heterocycles. The lowest BCUT2D eigenvalue weighted by Gasteiger charge is -2.26. The van der Waals surface area contributed by atoms with Crippen LogP contribution in [0.5, 0.6) is 0 Å². The normalized spacial score (nSPS) is 10.5. The second kappa shape index (κ2) is 9.42. The zero-order valence-electron chi connectivity index (χ0n) is 18.4. The molecule has 5 aromatic carbocycles. The summed E-state index contributed by atoms with van der Waals surface area (Å²) in [5.74, 6) is 0. The summed E-state index contributed by atoms with van der Waals surface area (Å²) in [6.45, 7) is 3.89. The van der Waals surface area contributed by atoms with Crippen LogP contribution in [0.15, 0.2) is 140 Å². The zero-order valence-corrected chi connectivity index (χ0v) is 18.4. The van der Waals surface area contributed by atoms with Crippen LogP contribution in [-0.2, 0) is 0 Å².